The smallest absolute Gasteiger partial charge is 0.133 e. The number of rotatable bonds is 3. The minimum absolute atomic E-state index is 0.237. The molecule has 0 heterocycles. The second-order valence-electron chi connectivity index (χ2n) is 3.67. The molecular weight excluding hydrogens is 294 g/mol. The van der Waals surface area contributed by atoms with Gasteiger partial charge in [0.15, 0.2) is 0 Å². The van der Waals surface area contributed by atoms with Crippen LogP contribution < -0.4 is 4.74 Å². The number of nitrogens with zero attached hydrogens (tertiary/aromatic N) is 1. The third kappa shape index (κ3) is 3.11. The van der Waals surface area contributed by atoms with Crippen molar-refractivity contribution in [2.75, 3.05) is 7.11 Å². The van der Waals surface area contributed by atoms with Crippen LogP contribution in [0.2, 0.25) is 0 Å². The van der Waals surface area contributed by atoms with Gasteiger partial charge in [-0.1, -0.05) is 0 Å². The number of phenols is 1. The van der Waals surface area contributed by atoms with Gasteiger partial charge in [-0.25, -0.2) is 0 Å². The van der Waals surface area contributed by atoms with Crippen molar-refractivity contribution >= 4 is 27.8 Å². The van der Waals surface area contributed by atoms with Crippen LogP contribution in [0.15, 0.2) is 51.9 Å². The van der Waals surface area contributed by atoms with E-state index in [1.165, 1.54) is 0 Å². The number of aromatic hydroxyl groups is 1. The molecule has 1 N–H and O–H groups in total. The molecule has 0 aromatic heterocycles. The molecule has 0 unspecified atom stereocenters. The number of benzene rings is 2. The average Bonchev–Trinajstić information content (AvgIpc) is 2.38. The van der Waals surface area contributed by atoms with Crippen LogP contribution in [0.1, 0.15) is 5.56 Å². The maximum atomic E-state index is 9.16. The van der Waals surface area contributed by atoms with Crippen molar-refractivity contribution in [3.8, 4) is 11.5 Å². The largest absolute Gasteiger partial charge is 0.508 e. The van der Waals surface area contributed by atoms with E-state index in [2.05, 4.69) is 20.9 Å². The molecule has 0 aliphatic heterocycles. The zero-order chi connectivity index (χ0) is 13.0. The molecular formula is C14H12BrNO2. The molecule has 0 spiro atoms. The average molecular weight is 306 g/mol. The first kappa shape index (κ1) is 12.6. The minimum Gasteiger partial charge on any atom is -0.508 e. The lowest BCUT2D eigenvalue weighted by Crippen LogP contribution is -1.86. The van der Waals surface area contributed by atoms with Crippen LogP contribution >= 0.6 is 15.9 Å². The third-order valence-corrected chi connectivity index (χ3v) is 3.01. The van der Waals surface area contributed by atoms with Crippen molar-refractivity contribution in [1.82, 2.24) is 0 Å². The Balaban J connectivity index is 2.18. The molecule has 0 aliphatic carbocycles. The van der Waals surface area contributed by atoms with Gasteiger partial charge in [-0.2, -0.15) is 0 Å². The Morgan fingerprint density at radius 3 is 2.50 bits per heavy atom. The molecule has 2 aromatic rings. The Kier molecular flexibility index (Phi) is 3.99. The molecule has 0 saturated carbocycles. The van der Waals surface area contributed by atoms with E-state index in [9.17, 15) is 0 Å². The second-order valence-corrected chi connectivity index (χ2v) is 4.52. The molecule has 3 nitrogen and oxygen atoms in total. The van der Waals surface area contributed by atoms with Gasteiger partial charge in [0.25, 0.3) is 0 Å². The molecule has 18 heavy (non-hydrogen) atoms. The quantitative estimate of drug-likeness (QED) is 0.873. The predicted octanol–water partition coefficient (Wildman–Crippen LogP) is 3.91. The molecule has 92 valence electrons. The zero-order valence-corrected chi connectivity index (χ0v) is 11.4. The summed E-state index contributed by atoms with van der Waals surface area (Å²) in [7, 11) is 1.63. The first-order valence-electron chi connectivity index (χ1n) is 5.35. The van der Waals surface area contributed by atoms with E-state index >= 15 is 0 Å². The van der Waals surface area contributed by atoms with Gasteiger partial charge in [0.2, 0.25) is 0 Å². The highest BCUT2D eigenvalue weighted by Gasteiger charge is 1.99. The zero-order valence-electron chi connectivity index (χ0n) is 9.80. The molecule has 4 heteroatoms. The standard InChI is InChI=1S/C14H12BrNO2/c1-18-14-7-2-10(8-13(14)15)9-16-11-3-5-12(17)6-4-11/h2-9,17H,1H3. The van der Waals surface area contributed by atoms with E-state index in [1.54, 1.807) is 37.6 Å². The Morgan fingerprint density at radius 1 is 1.17 bits per heavy atom. The van der Waals surface area contributed by atoms with Gasteiger partial charge in [0.1, 0.15) is 11.5 Å². The molecule has 0 saturated heterocycles. The van der Waals surface area contributed by atoms with E-state index in [1.807, 2.05) is 18.2 Å². The summed E-state index contributed by atoms with van der Waals surface area (Å²) in [5.74, 6) is 1.03. The highest BCUT2D eigenvalue weighted by atomic mass is 79.9. The number of hydrogen-bond acceptors (Lipinski definition) is 3. The normalized spacial score (nSPS) is 10.8. The van der Waals surface area contributed by atoms with Crippen molar-refractivity contribution in [2.45, 2.75) is 0 Å². The van der Waals surface area contributed by atoms with E-state index in [0.717, 1.165) is 21.5 Å². The monoisotopic (exact) mass is 305 g/mol. The lowest BCUT2D eigenvalue weighted by atomic mass is 10.2. The lowest BCUT2D eigenvalue weighted by Gasteiger charge is -2.03. The third-order valence-electron chi connectivity index (χ3n) is 2.39. The lowest BCUT2D eigenvalue weighted by molar-refractivity contribution is 0.412. The summed E-state index contributed by atoms with van der Waals surface area (Å²) < 4.78 is 6.05. The number of methoxy groups -OCH3 is 1. The molecule has 0 atom stereocenters. The van der Waals surface area contributed by atoms with Crippen LogP contribution in [0.5, 0.6) is 11.5 Å². The van der Waals surface area contributed by atoms with E-state index < -0.39 is 0 Å². The topological polar surface area (TPSA) is 41.8 Å². The first-order valence-corrected chi connectivity index (χ1v) is 6.15. The Bertz CT molecular complexity index is 565. The number of halogens is 1. The number of ether oxygens (including phenoxy) is 1. The fraction of sp³-hybridized carbons (Fsp3) is 0.0714. The van der Waals surface area contributed by atoms with Crippen LogP contribution in [-0.4, -0.2) is 18.4 Å². The van der Waals surface area contributed by atoms with Gasteiger partial charge in [0, 0.05) is 6.21 Å². The molecule has 2 aromatic carbocycles. The summed E-state index contributed by atoms with van der Waals surface area (Å²) in [4.78, 5) is 4.32. The Morgan fingerprint density at radius 2 is 1.89 bits per heavy atom. The number of phenolic OH excluding ortho intramolecular Hbond substituents is 1. The SMILES string of the molecule is COc1ccc(C=Nc2ccc(O)cc2)cc1Br. The van der Waals surface area contributed by atoms with Crippen LogP contribution in [-0.2, 0) is 0 Å². The predicted molar refractivity (Wildman–Crippen MR) is 76.1 cm³/mol. The van der Waals surface area contributed by atoms with Crippen molar-refractivity contribution in [2.24, 2.45) is 4.99 Å². The highest BCUT2D eigenvalue weighted by molar-refractivity contribution is 9.10. The molecule has 0 amide bonds. The van der Waals surface area contributed by atoms with Gasteiger partial charge < -0.3 is 9.84 Å². The van der Waals surface area contributed by atoms with E-state index in [0.29, 0.717) is 0 Å². The van der Waals surface area contributed by atoms with Crippen molar-refractivity contribution in [3.05, 3.63) is 52.5 Å². The first-order chi connectivity index (χ1) is 8.69. The highest BCUT2D eigenvalue weighted by Crippen LogP contribution is 2.25. The van der Waals surface area contributed by atoms with Crippen molar-refractivity contribution in [3.63, 3.8) is 0 Å². The fourth-order valence-corrected chi connectivity index (χ4v) is 2.01. The number of aliphatic imine (C=N–C) groups is 1. The Labute approximate surface area is 114 Å². The van der Waals surface area contributed by atoms with Crippen LogP contribution in [0, 0.1) is 0 Å². The summed E-state index contributed by atoms with van der Waals surface area (Å²) in [6.07, 6.45) is 1.76. The fourth-order valence-electron chi connectivity index (χ4n) is 1.45. The summed E-state index contributed by atoms with van der Waals surface area (Å²) in [5, 5.41) is 9.16. The molecule has 0 radical (unpaired) electrons. The summed E-state index contributed by atoms with van der Waals surface area (Å²) in [6, 6.07) is 12.5. The summed E-state index contributed by atoms with van der Waals surface area (Å²) in [5.41, 5.74) is 1.76. The maximum absolute atomic E-state index is 9.16. The summed E-state index contributed by atoms with van der Waals surface area (Å²) in [6.45, 7) is 0. The molecule has 0 fully saturated rings. The van der Waals surface area contributed by atoms with Gasteiger partial charge in [-0.3, -0.25) is 4.99 Å². The van der Waals surface area contributed by atoms with Crippen LogP contribution in [0.4, 0.5) is 5.69 Å². The minimum atomic E-state index is 0.237. The molecule has 2 rings (SSSR count). The van der Waals surface area contributed by atoms with Gasteiger partial charge in [-0.05, 0) is 64.0 Å². The van der Waals surface area contributed by atoms with Crippen LogP contribution in [0.25, 0.3) is 0 Å². The van der Waals surface area contributed by atoms with E-state index in [4.69, 9.17) is 9.84 Å². The van der Waals surface area contributed by atoms with Crippen LogP contribution in [0.3, 0.4) is 0 Å². The molecule has 0 bridgehead atoms. The van der Waals surface area contributed by atoms with E-state index in [-0.39, 0.29) is 5.75 Å². The van der Waals surface area contributed by atoms with Gasteiger partial charge >= 0.3 is 0 Å². The molecule has 0 aliphatic rings. The van der Waals surface area contributed by atoms with Crippen molar-refractivity contribution < 1.29 is 9.84 Å². The second kappa shape index (κ2) is 5.69. The van der Waals surface area contributed by atoms with Gasteiger partial charge in [-0.15, -0.1) is 0 Å². The number of hydrogen-bond donors (Lipinski definition) is 1. The van der Waals surface area contributed by atoms with Crippen molar-refractivity contribution in [1.29, 1.82) is 0 Å². The summed E-state index contributed by atoms with van der Waals surface area (Å²) >= 11 is 3.42. The maximum Gasteiger partial charge on any atom is 0.133 e. The van der Waals surface area contributed by atoms with Gasteiger partial charge in [0.05, 0.1) is 17.3 Å². The Hall–Kier alpha value is -1.81.